The van der Waals surface area contributed by atoms with Gasteiger partial charge in [0, 0.05) is 24.6 Å². The van der Waals surface area contributed by atoms with E-state index in [9.17, 15) is 4.79 Å². The molecule has 0 spiro atoms. The van der Waals surface area contributed by atoms with E-state index < -0.39 is 0 Å². The smallest absolute Gasteiger partial charge is 0.221 e. The molecule has 1 saturated heterocycles. The first-order valence-corrected chi connectivity index (χ1v) is 8.56. The molecule has 1 heterocycles. The number of carbonyl (C=O) groups excluding carboxylic acids is 1. The summed E-state index contributed by atoms with van der Waals surface area (Å²) in [5.41, 5.74) is 2.13. The summed E-state index contributed by atoms with van der Waals surface area (Å²) in [6.07, 6.45) is 2.80. The molecule has 0 aliphatic carbocycles. The van der Waals surface area contributed by atoms with Crippen LogP contribution in [0.25, 0.3) is 0 Å². The number of hydrogen-bond acceptors (Lipinski definition) is 3. The van der Waals surface area contributed by atoms with Gasteiger partial charge in [-0.15, -0.1) is 12.4 Å². The highest BCUT2D eigenvalue weighted by Gasteiger charge is 2.17. The molecule has 0 saturated carbocycles. The van der Waals surface area contributed by atoms with Gasteiger partial charge in [0.2, 0.25) is 5.91 Å². The van der Waals surface area contributed by atoms with Gasteiger partial charge < -0.3 is 15.4 Å². The van der Waals surface area contributed by atoms with Gasteiger partial charge in [-0.05, 0) is 31.0 Å². The molecule has 2 N–H and O–H groups in total. The fourth-order valence-corrected chi connectivity index (χ4v) is 2.95. The van der Waals surface area contributed by atoms with Crippen molar-refractivity contribution >= 4 is 18.3 Å². The quantitative estimate of drug-likeness (QED) is 0.795. The van der Waals surface area contributed by atoms with Crippen molar-refractivity contribution in [1.82, 2.24) is 10.6 Å². The van der Waals surface area contributed by atoms with Crippen molar-refractivity contribution in [3.8, 4) is 5.75 Å². The van der Waals surface area contributed by atoms with E-state index in [1.54, 1.807) is 0 Å². The summed E-state index contributed by atoms with van der Waals surface area (Å²) in [6.45, 7) is 2.04. The fourth-order valence-electron chi connectivity index (χ4n) is 2.95. The largest absolute Gasteiger partial charge is 0.489 e. The summed E-state index contributed by atoms with van der Waals surface area (Å²) in [4.78, 5) is 12.1. The number of amides is 1. The van der Waals surface area contributed by atoms with Gasteiger partial charge in [0.15, 0.2) is 0 Å². The Balaban J connectivity index is 0.00000225. The van der Waals surface area contributed by atoms with E-state index in [2.05, 4.69) is 10.6 Å². The average Bonchev–Trinajstić information content (AvgIpc) is 3.13. The van der Waals surface area contributed by atoms with Gasteiger partial charge in [-0.3, -0.25) is 4.79 Å². The third-order valence-electron chi connectivity index (χ3n) is 4.28. The molecular formula is C20H25ClN2O2. The number of ether oxygens (including phenoxy) is 1. The predicted octanol–water partition coefficient (Wildman–Crippen LogP) is 3.45. The molecule has 1 amide bonds. The minimum absolute atomic E-state index is 0. The van der Waals surface area contributed by atoms with Crippen molar-refractivity contribution in [3.05, 3.63) is 65.7 Å². The molecule has 3 rings (SSSR count). The maximum Gasteiger partial charge on any atom is 0.221 e. The molecule has 1 aliphatic heterocycles. The zero-order chi connectivity index (χ0) is 16.6. The Kier molecular flexibility index (Phi) is 7.76. The predicted molar refractivity (Wildman–Crippen MR) is 102 cm³/mol. The van der Waals surface area contributed by atoms with Crippen molar-refractivity contribution in [2.45, 2.75) is 38.5 Å². The molecule has 0 radical (unpaired) electrons. The Bertz CT molecular complexity index is 658. The summed E-state index contributed by atoms with van der Waals surface area (Å²) in [6, 6.07) is 18.3. The third kappa shape index (κ3) is 6.07. The second-order valence-corrected chi connectivity index (χ2v) is 6.16. The van der Waals surface area contributed by atoms with E-state index in [1.807, 2.05) is 54.6 Å². The normalized spacial score (nSPS) is 16.1. The molecule has 2 aromatic rings. The zero-order valence-electron chi connectivity index (χ0n) is 14.2. The number of para-hydroxylation sites is 1. The minimum Gasteiger partial charge on any atom is -0.489 e. The fraction of sp³-hybridized carbons (Fsp3) is 0.350. The van der Waals surface area contributed by atoms with E-state index in [0.29, 0.717) is 25.6 Å². The average molecular weight is 361 g/mol. The summed E-state index contributed by atoms with van der Waals surface area (Å²) in [7, 11) is 0. The van der Waals surface area contributed by atoms with E-state index in [0.717, 1.165) is 36.3 Å². The topological polar surface area (TPSA) is 50.4 Å². The van der Waals surface area contributed by atoms with Crippen LogP contribution < -0.4 is 15.4 Å². The summed E-state index contributed by atoms with van der Waals surface area (Å²) in [5, 5.41) is 6.36. The second kappa shape index (κ2) is 10.1. The molecule has 1 unspecified atom stereocenters. The van der Waals surface area contributed by atoms with Gasteiger partial charge in [0.1, 0.15) is 12.4 Å². The number of nitrogens with one attached hydrogen (secondary N) is 2. The molecule has 5 heteroatoms. The summed E-state index contributed by atoms with van der Waals surface area (Å²) < 4.78 is 5.93. The van der Waals surface area contributed by atoms with Crippen LogP contribution in [0.4, 0.5) is 0 Å². The monoisotopic (exact) mass is 360 g/mol. The van der Waals surface area contributed by atoms with E-state index in [1.165, 1.54) is 0 Å². The van der Waals surface area contributed by atoms with Crippen molar-refractivity contribution in [2.75, 3.05) is 6.54 Å². The van der Waals surface area contributed by atoms with Crippen molar-refractivity contribution in [3.63, 3.8) is 0 Å². The lowest BCUT2D eigenvalue weighted by molar-refractivity contribution is -0.121. The van der Waals surface area contributed by atoms with Crippen molar-refractivity contribution < 1.29 is 9.53 Å². The maximum absolute atomic E-state index is 12.1. The van der Waals surface area contributed by atoms with Crippen LogP contribution in [-0.4, -0.2) is 18.5 Å². The molecule has 1 atom stereocenters. The Morgan fingerprint density at radius 1 is 1.12 bits per heavy atom. The summed E-state index contributed by atoms with van der Waals surface area (Å²) >= 11 is 0. The first-order chi connectivity index (χ1) is 11.8. The van der Waals surface area contributed by atoms with E-state index >= 15 is 0 Å². The van der Waals surface area contributed by atoms with Crippen LogP contribution >= 0.6 is 12.4 Å². The first-order valence-electron chi connectivity index (χ1n) is 8.56. The third-order valence-corrected chi connectivity index (χ3v) is 4.28. The van der Waals surface area contributed by atoms with Crippen molar-refractivity contribution in [2.24, 2.45) is 0 Å². The lowest BCUT2D eigenvalue weighted by atomic mass is 10.1. The molecule has 25 heavy (non-hydrogen) atoms. The molecule has 134 valence electrons. The molecule has 2 aromatic carbocycles. The molecule has 1 fully saturated rings. The Morgan fingerprint density at radius 3 is 2.64 bits per heavy atom. The van der Waals surface area contributed by atoms with E-state index in [4.69, 9.17) is 4.74 Å². The summed E-state index contributed by atoms with van der Waals surface area (Å²) in [5.74, 6) is 0.910. The van der Waals surface area contributed by atoms with Crippen LogP contribution in [0.15, 0.2) is 54.6 Å². The van der Waals surface area contributed by atoms with Crippen LogP contribution in [-0.2, 0) is 17.9 Å². The SMILES string of the molecule is Cl.O=C(CC1CCCN1)NCc1ccccc1OCc1ccccc1. The molecular weight excluding hydrogens is 336 g/mol. The molecule has 0 bridgehead atoms. The number of halogens is 1. The zero-order valence-corrected chi connectivity index (χ0v) is 15.1. The van der Waals surface area contributed by atoms with Crippen LogP contribution in [0, 0.1) is 0 Å². The highest BCUT2D eigenvalue weighted by molar-refractivity contribution is 5.85. The number of carbonyl (C=O) groups is 1. The Labute approximate surface area is 155 Å². The Morgan fingerprint density at radius 2 is 1.88 bits per heavy atom. The number of hydrogen-bond donors (Lipinski definition) is 2. The lowest BCUT2D eigenvalue weighted by Gasteiger charge is -2.14. The maximum atomic E-state index is 12.1. The van der Waals surface area contributed by atoms with Crippen LogP contribution in [0.5, 0.6) is 5.75 Å². The Hall–Kier alpha value is -2.04. The second-order valence-electron chi connectivity index (χ2n) is 6.16. The van der Waals surface area contributed by atoms with Gasteiger partial charge in [0.25, 0.3) is 0 Å². The molecule has 0 aromatic heterocycles. The molecule has 4 nitrogen and oxygen atoms in total. The number of rotatable bonds is 7. The van der Waals surface area contributed by atoms with Crippen LogP contribution in [0.2, 0.25) is 0 Å². The first kappa shape index (κ1) is 19.3. The van der Waals surface area contributed by atoms with Gasteiger partial charge in [-0.2, -0.15) is 0 Å². The van der Waals surface area contributed by atoms with Crippen LogP contribution in [0.3, 0.4) is 0 Å². The van der Waals surface area contributed by atoms with Crippen molar-refractivity contribution in [1.29, 1.82) is 0 Å². The number of benzene rings is 2. The molecule has 1 aliphatic rings. The lowest BCUT2D eigenvalue weighted by Crippen LogP contribution is -2.31. The van der Waals surface area contributed by atoms with Gasteiger partial charge in [0.05, 0.1) is 0 Å². The van der Waals surface area contributed by atoms with Gasteiger partial charge >= 0.3 is 0 Å². The highest BCUT2D eigenvalue weighted by Crippen LogP contribution is 2.19. The standard InChI is InChI=1S/C20H24N2O2.ClH/c23-20(13-18-10-6-12-21-18)22-14-17-9-4-5-11-19(17)24-15-16-7-2-1-3-8-16;/h1-5,7-9,11,18,21H,6,10,12-15H2,(H,22,23);1H. The minimum atomic E-state index is 0. The van der Waals surface area contributed by atoms with E-state index in [-0.39, 0.29) is 18.3 Å². The van der Waals surface area contributed by atoms with Gasteiger partial charge in [-0.25, -0.2) is 0 Å². The highest BCUT2D eigenvalue weighted by atomic mass is 35.5. The van der Waals surface area contributed by atoms with Crippen LogP contribution in [0.1, 0.15) is 30.4 Å². The van der Waals surface area contributed by atoms with Gasteiger partial charge in [-0.1, -0.05) is 48.5 Å².